The number of benzene rings is 2. The zero-order valence-electron chi connectivity index (χ0n) is 19.4. The van der Waals surface area contributed by atoms with Gasteiger partial charge in [-0.15, -0.1) is 0 Å². The molecule has 34 heavy (non-hydrogen) atoms. The Morgan fingerprint density at radius 1 is 0.853 bits per heavy atom. The fourth-order valence-corrected chi connectivity index (χ4v) is 5.88. The monoisotopic (exact) mass is 483 g/mol. The number of rotatable bonds is 7. The van der Waals surface area contributed by atoms with E-state index in [0.717, 1.165) is 6.54 Å². The summed E-state index contributed by atoms with van der Waals surface area (Å²) in [5.41, 5.74) is 0.900. The first-order chi connectivity index (χ1) is 16.4. The van der Waals surface area contributed by atoms with Crippen molar-refractivity contribution in [2.24, 2.45) is 11.8 Å². The topological polar surface area (TPSA) is 95.6 Å². The van der Waals surface area contributed by atoms with E-state index >= 15 is 0 Å². The molecule has 0 aromatic heterocycles. The Bertz CT molecular complexity index is 1070. The van der Waals surface area contributed by atoms with Crippen LogP contribution in [0.2, 0.25) is 0 Å². The average molecular weight is 484 g/mol. The van der Waals surface area contributed by atoms with Gasteiger partial charge in [0.15, 0.2) is 0 Å². The molecule has 0 atom stereocenters. The lowest BCUT2D eigenvalue weighted by Crippen LogP contribution is -2.43. The molecule has 2 fully saturated rings. The molecule has 2 aromatic rings. The lowest BCUT2D eigenvalue weighted by atomic mass is 9.89. The van der Waals surface area contributed by atoms with Crippen LogP contribution in [-0.2, 0) is 14.8 Å². The van der Waals surface area contributed by atoms with Crippen LogP contribution in [0.25, 0.3) is 0 Å². The van der Waals surface area contributed by atoms with Gasteiger partial charge in [0.2, 0.25) is 5.91 Å². The van der Waals surface area contributed by atoms with Gasteiger partial charge in [0.05, 0.1) is 4.90 Å². The van der Waals surface area contributed by atoms with Gasteiger partial charge in [0.25, 0.3) is 15.9 Å². The number of anilines is 1. The maximum Gasteiger partial charge on any atom is 0.261 e. The summed E-state index contributed by atoms with van der Waals surface area (Å²) in [7, 11) is -3.68. The number of piperidine rings is 1. The number of nitrogens with zero attached hydrogens (tertiary/aromatic N) is 1. The van der Waals surface area contributed by atoms with Crippen LogP contribution in [0.4, 0.5) is 5.69 Å². The van der Waals surface area contributed by atoms with E-state index in [1.165, 1.54) is 44.2 Å². The highest BCUT2D eigenvalue weighted by atomic mass is 32.2. The highest BCUT2D eigenvalue weighted by molar-refractivity contribution is 7.92. The number of likely N-dealkylation sites (tertiary alicyclic amines) is 1. The summed E-state index contributed by atoms with van der Waals surface area (Å²) in [6, 6.07) is 14.6. The molecule has 7 nitrogen and oxygen atoms in total. The Hall–Kier alpha value is -2.87. The predicted molar refractivity (Wildman–Crippen MR) is 132 cm³/mol. The summed E-state index contributed by atoms with van der Waals surface area (Å²) in [5, 5.41) is 3.14. The smallest absolute Gasteiger partial charge is 0.261 e. The van der Waals surface area contributed by atoms with Crippen molar-refractivity contribution in [1.82, 2.24) is 10.2 Å². The molecule has 1 saturated carbocycles. The number of amides is 2. The second-order valence-electron chi connectivity index (χ2n) is 9.31. The third kappa shape index (κ3) is 6.17. The van der Waals surface area contributed by atoms with E-state index in [4.69, 9.17) is 0 Å². The molecule has 0 radical (unpaired) electrons. The fourth-order valence-electron chi connectivity index (χ4n) is 4.80. The zero-order chi connectivity index (χ0) is 24.0. The normalized spacial score (nSPS) is 17.8. The lowest BCUT2D eigenvalue weighted by molar-refractivity contribution is -0.126. The molecule has 0 bridgehead atoms. The molecular formula is C26H33N3O4S. The van der Waals surface area contributed by atoms with Crippen molar-refractivity contribution in [3.05, 3.63) is 60.2 Å². The van der Waals surface area contributed by atoms with Crippen LogP contribution < -0.4 is 10.0 Å². The van der Waals surface area contributed by atoms with E-state index in [9.17, 15) is 18.0 Å². The number of carbonyl (C=O) groups excluding carboxylic acids is 2. The number of carbonyl (C=O) groups is 2. The Morgan fingerprint density at radius 2 is 1.50 bits per heavy atom. The van der Waals surface area contributed by atoms with Crippen molar-refractivity contribution < 1.29 is 18.0 Å². The molecule has 0 spiro atoms. The van der Waals surface area contributed by atoms with Crippen molar-refractivity contribution in [3.8, 4) is 0 Å². The Morgan fingerprint density at radius 3 is 2.15 bits per heavy atom. The first kappa shape index (κ1) is 24.3. The summed E-state index contributed by atoms with van der Waals surface area (Å²) in [5.74, 6) is 0.591. The van der Waals surface area contributed by atoms with Crippen LogP contribution in [0.1, 0.15) is 55.3 Å². The molecule has 4 rings (SSSR count). The Labute approximate surface area is 202 Å². The van der Waals surface area contributed by atoms with Crippen LogP contribution >= 0.6 is 0 Å². The molecule has 2 aromatic carbocycles. The predicted octanol–water partition coefficient (Wildman–Crippen LogP) is 4.04. The number of hydrogen-bond acceptors (Lipinski definition) is 4. The number of sulfonamides is 1. The molecule has 2 amide bonds. The summed E-state index contributed by atoms with van der Waals surface area (Å²) in [6.07, 6.45) is 7.58. The summed E-state index contributed by atoms with van der Waals surface area (Å²) < 4.78 is 27.5. The van der Waals surface area contributed by atoms with Crippen LogP contribution in [0.3, 0.4) is 0 Å². The van der Waals surface area contributed by atoms with Gasteiger partial charge in [0.1, 0.15) is 0 Å². The van der Waals surface area contributed by atoms with Gasteiger partial charge < -0.3 is 10.2 Å². The van der Waals surface area contributed by atoms with Gasteiger partial charge in [-0.05, 0) is 68.0 Å². The standard InChI is InChI=1S/C26H33N3O4S/c30-25(27-19-20-7-3-1-4-8-20)21-15-17-29(18-16-21)26(31)22-11-13-23(14-12-22)28-34(32,33)24-9-5-2-6-10-24/h2,5-6,9-14,20-21,28H,1,3-4,7-8,15-19H2,(H,27,30). The average Bonchev–Trinajstić information content (AvgIpc) is 2.88. The van der Waals surface area contributed by atoms with Crippen molar-refractivity contribution in [2.45, 2.75) is 49.8 Å². The SMILES string of the molecule is O=C(NCC1CCCCC1)C1CCN(C(=O)c2ccc(NS(=O)(=O)c3ccccc3)cc2)CC1. The van der Waals surface area contributed by atoms with Gasteiger partial charge in [-0.1, -0.05) is 37.5 Å². The quantitative estimate of drug-likeness (QED) is 0.621. The second-order valence-corrected chi connectivity index (χ2v) is 11.0. The van der Waals surface area contributed by atoms with Gasteiger partial charge in [-0.3, -0.25) is 14.3 Å². The van der Waals surface area contributed by atoms with Crippen molar-refractivity contribution in [3.63, 3.8) is 0 Å². The molecule has 1 aliphatic heterocycles. The lowest BCUT2D eigenvalue weighted by Gasteiger charge is -2.32. The third-order valence-corrected chi connectivity index (χ3v) is 8.28. The molecule has 8 heteroatoms. The van der Waals surface area contributed by atoms with E-state index in [1.54, 1.807) is 47.4 Å². The van der Waals surface area contributed by atoms with Gasteiger partial charge in [0, 0.05) is 36.8 Å². The van der Waals surface area contributed by atoms with Gasteiger partial charge in [-0.2, -0.15) is 0 Å². The van der Waals surface area contributed by atoms with Gasteiger partial charge in [-0.25, -0.2) is 8.42 Å². The molecule has 0 unspecified atom stereocenters. The van der Waals surface area contributed by atoms with Crippen molar-refractivity contribution >= 4 is 27.5 Å². The minimum absolute atomic E-state index is 0.0394. The number of hydrogen-bond donors (Lipinski definition) is 2. The summed E-state index contributed by atoms with van der Waals surface area (Å²) in [4.78, 5) is 27.4. The van der Waals surface area contributed by atoms with E-state index in [2.05, 4.69) is 10.0 Å². The van der Waals surface area contributed by atoms with Crippen LogP contribution in [-0.4, -0.2) is 44.8 Å². The largest absolute Gasteiger partial charge is 0.356 e. The van der Waals surface area contributed by atoms with Crippen LogP contribution in [0.5, 0.6) is 0 Å². The minimum atomic E-state index is -3.68. The summed E-state index contributed by atoms with van der Waals surface area (Å²) >= 11 is 0. The maximum atomic E-state index is 12.9. The highest BCUT2D eigenvalue weighted by Gasteiger charge is 2.28. The van der Waals surface area contributed by atoms with Gasteiger partial charge >= 0.3 is 0 Å². The second kappa shape index (κ2) is 11.0. The van der Waals surface area contributed by atoms with Crippen molar-refractivity contribution in [1.29, 1.82) is 0 Å². The number of nitrogens with one attached hydrogen (secondary N) is 2. The van der Waals surface area contributed by atoms with E-state index in [0.29, 0.717) is 43.1 Å². The molecular weight excluding hydrogens is 450 g/mol. The van der Waals surface area contributed by atoms with E-state index < -0.39 is 10.0 Å². The maximum absolute atomic E-state index is 12.9. The Kier molecular flexibility index (Phi) is 7.88. The first-order valence-electron chi connectivity index (χ1n) is 12.2. The molecule has 1 heterocycles. The van der Waals surface area contributed by atoms with E-state index in [-0.39, 0.29) is 22.6 Å². The summed E-state index contributed by atoms with van der Waals surface area (Å²) in [6.45, 7) is 1.86. The molecule has 1 aliphatic carbocycles. The van der Waals surface area contributed by atoms with E-state index in [1.807, 2.05) is 0 Å². The molecule has 2 aliphatic rings. The fraction of sp³-hybridized carbons (Fsp3) is 0.462. The Balaban J connectivity index is 1.26. The first-order valence-corrected chi connectivity index (χ1v) is 13.7. The molecule has 182 valence electrons. The highest BCUT2D eigenvalue weighted by Crippen LogP contribution is 2.24. The van der Waals surface area contributed by atoms with Crippen LogP contribution in [0.15, 0.2) is 59.5 Å². The van der Waals surface area contributed by atoms with Crippen LogP contribution in [0, 0.1) is 11.8 Å². The molecule has 2 N–H and O–H groups in total. The molecule has 1 saturated heterocycles. The minimum Gasteiger partial charge on any atom is -0.356 e. The van der Waals surface area contributed by atoms with Crippen molar-refractivity contribution in [2.75, 3.05) is 24.4 Å². The third-order valence-electron chi connectivity index (χ3n) is 6.88. The zero-order valence-corrected chi connectivity index (χ0v) is 20.2.